The monoisotopic (exact) mass is 414 g/mol. The number of hydrogen-bond acceptors (Lipinski definition) is 3. The third-order valence-electron chi connectivity index (χ3n) is 4.95. The van der Waals surface area contributed by atoms with Crippen LogP contribution < -0.4 is 5.32 Å². The first-order valence-corrected chi connectivity index (χ1v) is 10.9. The molecule has 154 valence electrons. The maximum Gasteiger partial charge on any atom is 0.243 e. The van der Waals surface area contributed by atoms with Crippen LogP contribution in [0.15, 0.2) is 48.5 Å². The van der Waals surface area contributed by atoms with Crippen LogP contribution in [-0.4, -0.2) is 28.5 Å². The van der Waals surface area contributed by atoms with Crippen molar-refractivity contribution in [2.24, 2.45) is 5.92 Å². The molecule has 1 fully saturated rings. The van der Waals surface area contributed by atoms with Crippen LogP contribution in [0.4, 0.5) is 4.39 Å². The molecule has 6 heteroatoms. The molecule has 1 saturated heterocycles. The van der Waals surface area contributed by atoms with E-state index in [1.54, 1.807) is 28.8 Å². The van der Waals surface area contributed by atoms with Gasteiger partial charge in [0.15, 0.2) is 0 Å². The van der Waals surface area contributed by atoms with Gasteiger partial charge < -0.3 is 10.2 Å². The molecule has 0 aromatic heterocycles. The van der Waals surface area contributed by atoms with Crippen LogP contribution >= 0.6 is 11.8 Å². The molecule has 1 aliphatic rings. The summed E-state index contributed by atoms with van der Waals surface area (Å²) in [7, 11) is 0. The quantitative estimate of drug-likeness (QED) is 0.729. The summed E-state index contributed by atoms with van der Waals surface area (Å²) in [6.07, 6.45) is 0.587. The number of nitrogens with one attached hydrogen (secondary N) is 1. The van der Waals surface area contributed by atoms with Crippen molar-refractivity contribution >= 4 is 23.6 Å². The molecule has 0 spiro atoms. The van der Waals surface area contributed by atoms with Crippen molar-refractivity contribution < 1.29 is 14.0 Å². The summed E-state index contributed by atoms with van der Waals surface area (Å²) in [5.74, 6) is 0.144. The fourth-order valence-electron chi connectivity index (χ4n) is 3.56. The second-order valence-electron chi connectivity index (χ2n) is 7.87. The van der Waals surface area contributed by atoms with Crippen LogP contribution in [0.1, 0.15) is 42.3 Å². The number of hydrogen-bond donors (Lipinski definition) is 1. The number of amides is 2. The molecule has 2 amide bonds. The Morgan fingerprint density at radius 3 is 2.62 bits per heavy atom. The second kappa shape index (κ2) is 9.44. The summed E-state index contributed by atoms with van der Waals surface area (Å²) in [6.45, 7) is 6.43. The van der Waals surface area contributed by atoms with E-state index in [9.17, 15) is 14.0 Å². The van der Waals surface area contributed by atoms with Gasteiger partial charge in [0, 0.05) is 6.54 Å². The highest BCUT2D eigenvalue weighted by molar-refractivity contribution is 8.00. The van der Waals surface area contributed by atoms with Crippen LogP contribution in [0.25, 0.3) is 0 Å². The predicted molar refractivity (Wildman–Crippen MR) is 115 cm³/mol. The zero-order chi connectivity index (χ0) is 21.0. The Kier molecular flexibility index (Phi) is 6.96. The van der Waals surface area contributed by atoms with E-state index in [1.807, 2.05) is 25.1 Å². The largest absolute Gasteiger partial charge is 0.350 e. The Balaban J connectivity index is 1.80. The minimum atomic E-state index is -0.538. The summed E-state index contributed by atoms with van der Waals surface area (Å²) < 4.78 is 13.1. The van der Waals surface area contributed by atoms with Gasteiger partial charge >= 0.3 is 0 Å². The van der Waals surface area contributed by atoms with E-state index in [0.717, 1.165) is 16.7 Å². The van der Waals surface area contributed by atoms with Crippen molar-refractivity contribution in [2.45, 2.75) is 45.2 Å². The lowest BCUT2D eigenvalue weighted by Gasteiger charge is -2.33. The first-order valence-electron chi connectivity index (χ1n) is 9.86. The molecule has 0 unspecified atom stereocenters. The van der Waals surface area contributed by atoms with Crippen molar-refractivity contribution in [3.8, 4) is 0 Å². The maximum atomic E-state index is 13.1. The fourth-order valence-corrected chi connectivity index (χ4v) is 4.77. The van der Waals surface area contributed by atoms with Crippen LogP contribution in [0, 0.1) is 18.7 Å². The van der Waals surface area contributed by atoms with E-state index in [-0.39, 0.29) is 28.9 Å². The van der Waals surface area contributed by atoms with Gasteiger partial charge in [-0.1, -0.05) is 55.8 Å². The van der Waals surface area contributed by atoms with Gasteiger partial charge in [-0.25, -0.2) is 4.39 Å². The van der Waals surface area contributed by atoms with E-state index in [2.05, 4.69) is 25.2 Å². The Labute approximate surface area is 175 Å². The molecule has 29 heavy (non-hydrogen) atoms. The van der Waals surface area contributed by atoms with Crippen molar-refractivity contribution in [3.63, 3.8) is 0 Å². The Hall–Kier alpha value is -2.34. The zero-order valence-electron chi connectivity index (χ0n) is 17.0. The lowest BCUT2D eigenvalue weighted by atomic mass is 10.00. The van der Waals surface area contributed by atoms with Crippen molar-refractivity contribution in [3.05, 3.63) is 71.0 Å². The first-order chi connectivity index (χ1) is 13.8. The molecule has 3 rings (SSSR count). The number of thioether (sulfide) groups is 1. The normalized spacial score (nSPS) is 17.6. The van der Waals surface area contributed by atoms with Gasteiger partial charge in [0.2, 0.25) is 11.8 Å². The minimum Gasteiger partial charge on any atom is -0.350 e. The Bertz CT molecular complexity index is 869. The van der Waals surface area contributed by atoms with Crippen LogP contribution in [-0.2, 0) is 16.1 Å². The second-order valence-corrected chi connectivity index (χ2v) is 8.94. The van der Waals surface area contributed by atoms with E-state index >= 15 is 0 Å². The first kappa shape index (κ1) is 21.4. The summed E-state index contributed by atoms with van der Waals surface area (Å²) in [4.78, 5) is 27.6. The molecule has 1 heterocycles. The molecule has 0 saturated carbocycles. The molecule has 1 aliphatic heterocycles. The van der Waals surface area contributed by atoms with Crippen molar-refractivity contribution in [1.29, 1.82) is 0 Å². The van der Waals surface area contributed by atoms with Gasteiger partial charge in [0.1, 0.15) is 17.2 Å². The number of halogens is 1. The van der Waals surface area contributed by atoms with Gasteiger partial charge in [0.25, 0.3) is 0 Å². The Morgan fingerprint density at radius 1 is 1.24 bits per heavy atom. The molecular formula is C23H27FN2O2S. The Morgan fingerprint density at radius 2 is 1.97 bits per heavy atom. The third kappa shape index (κ3) is 5.38. The highest BCUT2D eigenvalue weighted by Gasteiger charge is 2.41. The SMILES string of the molecule is Cc1cccc([C@H]2SCC(=O)N2[C@@H](CC(C)C)C(=O)NCc2ccc(F)cc2)c1. The summed E-state index contributed by atoms with van der Waals surface area (Å²) in [5, 5.41) is 2.78. The zero-order valence-corrected chi connectivity index (χ0v) is 17.8. The number of rotatable bonds is 7. The molecule has 4 nitrogen and oxygen atoms in total. The average molecular weight is 415 g/mol. The van der Waals surface area contributed by atoms with Gasteiger partial charge in [-0.15, -0.1) is 11.8 Å². The number of carbonyl (C=O) groups is 2. The number of benzene rings is 2. The summed E-state index contributed by atoms with van der Waals surface area (Å²) in [5.41, 5.74) is 2.99. The predicted octanol–water partition coefficient (Wildman–Crippen LogP) is 4.44. The van der Waals surface area contributed by atoms with E-state index in [1.165, 1.54) is 12.1 Å². The van der Waals surface area contributed by atoms with Crippen LogP contribution in [0.5, 0.6) is 0 Å². The molecule has 1 N–H and O–H groups in total. The molecule has 2 aromatic carbocycles. The average Bonchev–Trinajstić information content (AvgIpc) is 3.06. The summed E-state index contributed by atoms with van der Waals surface area (Å²) >= 11 is 1.56. The minimum absolute atomic E-state index is 0.0101. The molecule has 0 aliphatic carbocycles. The highest BCUT2D eigenvalue weighted by Crippen LogP contribution is 2.41. The van der Waals surface area contributed by atoms with Crippen LogP contribution in [0.3, 0.4) is 0 Å². The number of carbonyl (C=O) groups excluding carboxylic acids is 2. The number of aryl methyl sites for hydroxylation is 1. The molecule has 0 radical (unpaired) electrons. The highest BCUT2D eigenvalue weighted by atomic mass is 32.2. The third-order valence-corrected chi connectivity index (χ3v) is 6.17. The van der Waals surface area contributed by atoms with Crippen molar-refractivity contribution in [2.75, 3.05) is 5.75 Å². The molecular weight excluding hydrogens is 387 g/mol. The van der Waals surface area contributed by atoms with Gasteiger partial charge in [-0.05, 0) is 42.5 Å². The molecule has 2 atom stereocenters. The van der Waals surface area contributed by atoms with E-state index < -0.39 is 6.04 Å². The smallest absolute Gasteiger partial charge is 0.243 e. The molecule has 2 aromatic rings. The van der Waals surface area contributed by atoms with Gasteiger partial charge in [0.05, 0.1) is 5.75 Å². The van der Waals surface area contributed by atoms with E-state index in [0.29, 0.717) is 18.7 Å². The van der Waals surface area contributed by atoms with Crippen molar-refractivity contribution in [1.82, 2.24) is 10.2 Å². The van der Waals surface area contributed by atoms with E-state index in [4.69, 9.17) is 0 Å². The van der Waals surface area contributed by atoms with Crippen LogP contribution in [0.2, 0.25) is 0 Å². The lowest BCUT2D eigenvalue weighted by Crippen LogP contribution is -2.49. The fraction of sp³-hybridized carbons (Fsp3) is 0.391. The number of nitrogens with zero attached hydrogens (tertiary/aromatic N) is 1. The lowest BCUT2D eigenvalue weighted by molar-refractivity contribution is -0.139. The topological polar surface area (TPSA) is 49.4 Å². The standard InChI is InChI=1S/C23H27FN2O2S/c1-15(2)11-20(22(28)25-13-17-7-9-19(24)10-8-17)26-21(27)14-29-23(26)18-6-4-5-16(3)12-18/h4-10,12,15,20,23H,11,13-14H2,1-3H3,(H,25,28)/t20-,23+/m0/s1. The van der Waals surface area contributed by atoms with Gasteiger partial charge in [-0.2, -0.15) is 0 Å². The van der Waals surface area contributed by atoms with Gasteiger partial charge in [-0.3, -0.25) is 9.59 Å². The maximum absolute atomic E-state index is 13.1. The molecule has 0 bridgehead atoms. The summed E-state index contributed by atoms with van der Waals surface area (Å²) in [6, 6.07) is 13.6.